The number of hydrogen-bond donors (Lipinski definition) is 1. The molecule has 0 aromatic heterocycles. The predicted molar refractivity (Wildman–Crippen MR) is 47.3 cm³/mol. The van der Waals surface area contributed by atoms with E-state index in [1.165, 1.54) is 38.5 Å². The van der Waals surface area contributed by atoms with Gasteiger partial charge in [0.05, 0.1) is 0 Å². The molecule has 2 aliphatic carbocycles. The van der Waals surface area contributed by atoms with Gasteiger partial charge in [0.25, 0.3) is 0 Å². The third-order valence-electron chi connectivity index (χ3n) is 4.16. The standard InChI is InChI=1S/C10H19N/c1-8-4-2-6-10(8)7-3-5-9(10)11/h8-9H,2-7,11H2,1H3/t8-,9+,10-/m1/s1. The number of nitrogens with two attached hydrogens (primary N) is 1. The summed E-state index contributed by atoms with van der Waals surface area (Å²) >= 11 is 0. The number of rotatable bonds is 0. The van der Waals surface area contributed by atoms with E-state index < -0.39 is 0 Å². The van der Waals surface area contributed by atoms with E-state index in [4.69, 9.17) is 5.73 Å². The second-order valence-corrected chi connectivity index (χ2v) is 4.53. The molecule has 0 bridgehead atoms. The van der Waals surface area contributed by atoms with Crippen LogP contribution in [0.25, 0.3) is 0 Å². The third kappa shape index (κ3) is 0.936. The summed E-state index contributed by atoms with van der Waals surface area (Å²) < 4.78 is 0. The van der Waals surface area contributed by atoms with Gasteiger partial charge in [-0.05, 0) is 30.6 Å². The quantitative estimate of drug-likeness (QED) is 0.568. The molecule has 0 amide bonds. The maximum absolute atomic E-state index is 6.17. The molecule has 11 heavy (non-hydrogen) atoms. The zero-order valence-electron chi connectivity index (χ0n) is 7.47. The summed E-state index contributed by atoms with van der Waals surface area (Å²) in [6.45, 7) is 2.40. The Morgan fingerprint density at radius 2 is 1.82 bits per heavy atom. The molecule has 0 aromatic carbocycles. The minimum atomic E-state index is 0.528. The lowest BCUT2D eigenvalue weighted by atomic mass is 9.75. The van der Waals surface area contributed by atoms with Crippen molar-refractivity contribution in [1.82, 2.24) is 0 Å². The highest BCUT2D eigenvalue weighted by Gasteiger charge is 2.47. The fourth-order valence-electron chi connectivity index (χ4n) is 3.32. The highest BCUT2D eigenvalue weighted by atomic mass is 14.7. The van der Waals surface area contributed by atoms with Crippen molar-refractivity contribution in [3.05, 3.63) is 0 Å². The van der Waals surface area contributed by atoms with Crippen LogP contribution in [0.3, 0.4) is 0 Å². The second kappa shape index (κ2) is 2.48. The van der Waals surface area contributed by atoms with Crippen LogP contribution in [-0.4, -0.2) is 6.04 Å². The van der Waals surface area contributed by atoms with Crippen molar-refractivity contribution in [2.45, 2.75) is 51.5 Å². The first-order chi connectivity index (χ1) is 5.26. The van der Waals surface area contributed by atoms with Crippen LogP contribution in [0.15, 0.2) is 0 Å². The molecule has 1 spiro atoms. The largest absolute Gasteiger partial charge is 0.327 e. The molecule has 2 saturated carbocycles. The maximum Gasteiger partial charge on any atom is 0.00981 e. The first-order valence-electron chi connectivity index (χ1n) is 5.01. The molecule has 0 radical (unpaired) electrons. The molecule has 0 heterocycles. The van der Waals surface area contributed by atoms with Gasteiger partial charge in [-0.2, -0.15) is 0 Å². The van der Waals surface area contributed by atoms with Crippen LogP contribution in [0.2, 0.25) is 0 Å². The molecule has 64 valence electrons. The van der Waals surface area contributed by atoms with E-state index in [1.807, 2.05) is 0 Å². The summed E-state index contributed by atoms with van der Waals surface area (Å²) in [7, 11) is 0. The van der Waals surface area contributed by atoms with Crippen LogP contribution in [0, 0.1) is 11.3 Å². The highest BCUT2D eigenvalue weighted by molar-refractivity contribution is 5.00. The Morgan fingerprint density at radius 1 is 1.18 bits per heavy atom. The topological polar surface area (TPSA) is 26.0 Å². The zero-order valence-corrected chi connectivity index (χ0v) is 7.47. The van der Waals surface area contributed by atoms with Crippen molar-refractivity contribution in [1.29, 1.82) is 0 Å². The Morgan fingerprint density at radius 3 is 2.27 bits per heavy atom. The molecule has 2 rings (SSSR count). The van der Waals surface area contributed by atoms with Gasteiger partial charge in [-0.3, -0.25) is 0 Å². The Kier molecular flexibility index (Phi) is 1.71. The van der Waals surface area contributed by atoms with Gasteiger partial charge in [0.1, 0.15) is 0 Å². The molecule has 0 aromatic rings. The minimum absolute atomic E-state index is 0.528. The molecular formula is C10H19N. The first kappa shape index (κ1) is 7.60. The van der Waals surface area contributed by atoms with Gasteiger partial charge >= 0.3 is 0 Å². The maximum atomic E-state index is 6.17. The normalized spacial score (nSPS) is 50.7. The Labute approximate surface area is 69.4 Å². The summed E-state index contributed by atoms with van der Waals surface area (Å²) in [5, 5.41) is 0. The summed E-state index contributed by atoms with van der Waals surface area (Å²) in [6.07, 6.45) is 8.34. The number of hydrogen-bond acceptors (Lipinski definition) is 1. The van der Waals surface area contributed by atoms with Crippen molar-refractivity contribution < 1.29 is 0 Å². The smallest absolute Gasteiger partial charge is 0.00981 e. The van der Waals surface area contributed by atoms with Crippen LogP contribution in [0.4, 0.5) is 0 Å². The monoisotopic (exact) mass is 153 g/mol. The van der Waals surface area contributed by atoms with Crippen LogP contribution >= 0.6 is 0 Å². The summed E-state index contributed by atoms with van der Waals surface area (Å²) in [5.74, 6) is 0.903. The fraction of sp³-hybridized carbons (Fsp3) is 1.00. The van der Waals surface area contributed by atoms with Crippen LogP contribution in [-0.2, 0) is 0 Å². The van der Waals surface area contributed by atoms with Gasteiger partial charge in [-0.1, -0.05) is 26.2 Å². The minimum Gasteiger partial charge on any atom is -0.327 e. The summed E-state index contributed by atoms with van der Waals surface area (Å²) in [4.78, 5) is 0. The highest BCUT2D eigenvalue weighted by Crippen LogP contribution is 2.53. The molecule has 2 aliphatic rings. The van der Waals surface area contributed by atoms with Crippen molar-refractivity contribution in [3.63, 3.8) is 0 Å². The predicted octanol–water partition coefficient (Wildman–Crippen LogP) is 2.30. The van der Waals surface area contributed by atoms with Gasteiger partial charge < -0.3 is 5.73 Å². The van der Waals surface area contributed by atoms with Crippen molar-refractivity contribution in [3.8, 4) is 0 Å². The lowest BCUT2D eigenvalue weighted by Crippen LogP contribution is -2.38. The molecule has 0 aliphatic heterocycles. The average molecular weight is 153 g/mol. The van der Waals surface area contributed by atoms with E-state index in [-0.39, 0.29) is 0 Å². The van der Waals surface area contributed by atoms with E-state index in [0.717, 1.165) is 5.92 Å². The van der Waals surface area contributed by atoms with Gasteiger partial charge in [-0.25, -0.2) is 0 Å². The van der Waals surface area contributed by atoms with Gasteiger partial charge in [0.2, 0.25) is 0 Å². The molecule has 0 saturated heterocycles. The molecular weight excluding hydrogens is 134 g/mol. The van der Waals surface area contributed by atoms with Crippen LogP contribution in [0.5, 0.6) is 0 Å². The van der Waals surface area contributed by atoms with Crippen LogP contribution in [0.1, 0.15) is 45.4 Å². The Balaban J connectivity index is 2.19. The van der Waals surface area contributed by atoms with E-state index in [0.29, 0.717) is 11.5 Å². The van der Waals surface area contributed by atoms with E-state index >= 15 is 0 Å². The average Bonchev–Trinajstić information content (AvgIpc) is 2.48. The van der Waals surface area contributed by atoms with Gasteiger partial charge in [-0.15, -0.1) is 0 Å². The van der Waals surface area contributed by atoms with Gasteiger partial charge in [0.15, 0.2) is 0 Å². The third-order valence-corrected chi connectivity index (χ3v) is 4.16. The lowest BCUT2D eigenvalue weighted by molar-refractivity contribution is 0.194. The second-order valence-electron chi connectivity index (χ2n) is 4.53. The molecule has 1 heteroatoms. The van der Waals surface area contributed by atoms with Crippen molar-refractivity contribution >= 4 is 0 Å². The van der Waals surface area contributed by atoms with E-state index in [9.17, 15) is 0 Å². The first-order valence-corrected chi connectivity index (χ1v) is 5.01. The van der Waals surface area contributed by atoms with E-state index in [2.05, 4.69) is 6.92 Å². The van der Waals surface area contributed by atoms with Gasteiger partial charge in [0, 0.05) is 6.04 Å². The molecule has 0 unspecified atom stereocenters. The van der Waals surface area contributed by atoms with Crippen molar-refractivity contribution in [2.24, 2.45) is 17.1 Å². The Bertz CT molecular complexity index is 135. The molecule has 2 fully saturated rings. The lowest BCUT2D eigenvalue weighted by Gasteiger charge is -2.33. The fourth-order valence-corrected chi connectivity index (χ4v) is 3.32. The Hall–Kier alpha value is -0.0400. The molecule has 2 N–H and O–H groups in total. The summed E-state index contributed by atoms with van der Waals surface area (Å²) in [6, 6.07) is 0.528. The van der Waals surface area contributed by atoms with Crippen LogP contribution < -0.4 is 5.73 Å². The van der Waals surface area contributed by atoms with E-state index in [1.54, 1.807) is 0 Å². The van der Waals surface area contributed by atoms with Crippen molar-refractivity contribution in [2.75, 3.05) is 0 Å². The SMILES string of the molecule is C[C@@H]1CCC[C@@]12CCC[C@@H]2N. The zero-order chi connectivity index (χ0) is 7.90. The summed E-state index contributed by atoms with van der Waals surface area (Å²) in [5.41, 5.74) is 6.75. The molecule has 3 atom stereocenters. The molecule has 1 nitrogen and oxygen atoms in total.